The van der Waals surface area contributed by atoms with Gasteiger partial charge in [0.25, 0.3) is 6.71 Å². The van der Waals surface area contributed by atoms with Gasteiger partial charge in [-0.25, -0.2) is 0 Å². The Bertz CT molecular complexity index is 3380. The Labute approximate surface area is 409 Å². The average Bonchev–Trinajstić information content (AvgIpc) is 3.81. The Morgan fingerprint density at radius 2 is 1.10 bits per heavy atom. The molecule has 0 radical (unpaired) electrons. The van der Waals surface area contributed by atoms with E-state index >= 15 is 0 Å². The van der Waals surface area contributed by atoms with Crippen LogP contribution in [-0.4, -0.2) is 12.3 Å². The van der Waals surface area contributed by atoms with Crippen LogP contribution in [0.4, 0.5) is 28.4 Å². The minimum atomic E-state index is -0.100. The Morgan fingerprint density at radius 1 is 0.515 bits per heavy atom. The Balaban J connectivity index is 1.21. The van der Waals surface area contributed by atoms with Gasteiger partial charge < -0.3 is 9.80 Å². The van der Waals surface area contributed by atoms with Gasteiger partial charge >= 0.3 is 0 Å². The van der Waals surface area contributed by atoms with Gasteiger partial charge in [-0.2, -0.15) is 0 Å². The van der Waals surface area contributed by atoms with Crippen molar-refractivity contribution in [3.8, 4) is 33.4 Å². The summed E-state index contributed by atoms with van der Waals surface area (Å²) < 4.78 is 2.87. The molecule has 8 aromatic rings. The van der Waals surface area contributed by atoms with Gasteiger partial charge in [-0.05, 0) is 152 Å². The molecule has 68 heavy (non-hydrogen) atoms. The van der Waals surface area contributed by atoms with E-state index in [1.165, 1.54) is 136 Å². The van der Waals surface area contributed by atoms with E-state index in [-0.39, 0.29) is 33.9 Å². The third kappa shape index (κ3) is 5.82. The van der Waals surface area contributed by atoms with E-state index in [9.17, 15) is 0 Å². The number of hydrogen-bond acceptors (Lipinski definition) is 3. The molecule has 5 aliphatic rings. The molecule has 13 rings (SSSR count). The number of thiophene rings is 1. The Hall–Kier alpha value is -5.84. The highest BCUT2D eigenvalue weighted by Gasteiger charge is 2.62. The number of anilines is 5. The zero-order valence-electron chi connectivity index (χ0n) is 41.5. The summed E-state index contributed by atoms with van der Waals surface area (Å²) in [6.07, 6.45) is 7.23. The maximum absolute atomic E-state index is 2.91. The van der Waals surface area contributed by atoms with Crippen LogP contribution in [0.15, 0.2) is 146 Å². The molecular weight excluding hydrogens is 840 g/mol. The van der Waals surface area contributed by atoms with Crippen LogP contribution < -0.4 is 25.5 Å². The summed E-state index contributed by atoms with van der Waals surface area (Å²) >= 11 is 2.08. The normalized spacial score (nSPS) is 21.5. The van der Waals surface area contributed by atoms with Crippen molar-refractivity contribution < 1.29 is 0 Å². The topological polar surface area (TPSA) is 6.48 Å². The van der Waals surface area contributed by atoms with E-state index in [1.807, 2.05) is 0 Å². The molecule has 4 heteroatoms. The van der Waals surface area contributed by atoms with E-state index < -0.39 is 0 Å². The number of fused-ring (bicyclic) bond motifs is 10. The molecule has 1 fully saturated rings. The van der Waals surface area contributed by atoms with E-state index in [0.29, 0.717) is 0 Å². The Morgan fingerprint density at radius 3 is 1.75 bits per heavy atom. The molecule has 0 N–H and O–H groups in total. The largest absolute Gasteiger partial charge is 0.335 e. The summed E-state index contributed by atoms with van der Waals surface area (Å²) in [4.78, 5) is 5.68. The van der Waals surface area contributed by atoms with E-state index in [2.05, 4.69) is 229 Å². The summed E-state index contributed by atoms with van der Waals surface area (Å²) in [5, 5.41) is 1.39. The lowest BCUT2D eigenvalue weighted by molar-refractivity contribution is 0.195. The second-order valence-electron chi connectivity index (χ2n) is 23.9. The fourth-order valence-corrected chi connectivity index (χ4v) is 15.1. The quantitative estimate of drug-likeness (QED) is 0.162. The van der Waals surface area contributed by atoms with Crippen molar-refractivity contribution >= 4 is 72.3 Å². The van der Waals surface area contributed by atoms with Gasteiger partial charge in [0.05, 0.1) is 16.9 Å². The fourth-order valence-electron chi connectivity index (χ4n) is 13.8. The summed E-state index contributed by atoms with van der Waals surface area (Å²) in [5.74, 6) is 0. The number of rotatable bonds is 4. The molecule has 3 aliphatic heterocycles. The maximum Gasteiger partial charge on any atom is 0.264 e. The van der Waals surface area contributed by atoms with Gasteiger partial charge in [0.15, 0.2) is 0 Å². The van der Waals surface area contributed by atoms with E-state index in [0.717, 1.165) is 6.42 Å². The minimum Gasteiger partial charge on any atom is -0.335 e. The monoisotopic (exact) mass is 902 g/mol. The lowest BCUT2D eigenvalue weighted by atomic mass is 9.36. The van der Waals surface area contributed by atoms with Crippen LogP contribution in [0, 0.1) is 0 Å². The molecule has 2 nitrogen and oxygen atoms in total. The molecular formula is C64H63BN2S. The zero-order chi connectivity index (χ0) is 46.7. The molecule has 7 aromatic carbocycles. The number of nitrogens with zero attached hydrogens (tertiary/aromatic N) is 2. The first-order valence-electron chi connectivity index (χ1n) is 25.5. The molecule has 0 bridgehead atoms. The SMILES string of the molecule is CC(C)(C)c1ccc(N2c3cc(-c4ccccc4)cc4c3B(c3cc(-c5ccccc5)cc5c3N4C3(C)CCCCC53C)c3sc4cc5c(cc4c32)C(C)(C)CCC5(C)C)c(-c2ccccc2)c1. The molecule has 338 valence electrons. The maximum atomic E-state index is 2.91. The first kappa shape index (κ1) is 42.3. The van der Waals surface area contributed by atoms with Crippen LogP contribution in [0.2, 0.25) is 0 Å². The standard InChI is InChI=1S/C64H63BN2S/c1-60(2,3)45-27-28-52(46(37-45)42-25-17-12-18-26-42)66-53-35-44(41-23-15-11-16-24-41)36-54-56(53)65(59-57(66)47-38-48-49(39-55(47)68-59)62(6,7)32-31-61(48,4)5)51-34-43(40-21-13-10-14-22-40)33-50-58(51)67(54)64(9)30-20-19-29-63(50,64)8/h10-18,21-28,33-39H,19-20,29-32H2,1-9H3. The lowest BCUT2D eigenvalue weighted by Crippen LogP contribution is -2.64. The van der Waals surface area contributed by atoms with Gasteiger partial charge in [0.2, 0.25) is 0 Å². The second-order valence-corrected chi connectivity index (χ2v) is 24.9. The third-order valence-electron chi connectivity index (χ3n) is 18.0. The van der Waals surface area contributed by atoms with Crippen LogP contribution in [0.1, 0.15) is 123 Å². The highest BCUT2D eigenvalue weighted by atomic mass is 32.1. The first-order chi connectivity index (χ1) is 32.6. The highest BCUT2D eigenvalue weighted by molar-refractivity contribution is 7.33. The van der Waals surface area contributed by atoms with Crippen molar-refractivity contribution in [2.45, 2.75) is 128 Å². The molecule has 1 saturated carbocycles. The van der Waals surface area contributed by atoms with Gasteiger partial charge in [-0.3, -0.25) is 0 Å². The van der Waals surface area contributed by atoms with Gasteiger partial charge in [0.1, 0.15) is 0 Å². The highest BCUT2D eigenvalue weighted by Crippen LogP contribution is 2.63. The number of hydrogen-bond donors (Lipinski definition) is 0. The van der Waals surface area contributed by atoms with E-state index in [1.54, 1.807) is 5.56 Å². The van der Waals surface area contributed by atoms with E-state index in [4.69, 9.17) is 0 Å². The summed E-state index contributed by atoms with van der Waals surface area (Å²) in [7, 11) is 0. The second kappa shape index (κ2) is 14.4. The average molecular weight is 903 g/mol. The van der Waals surface area contributed by atoms with Crippen molar-refractivity contribution in [3.63, 3.8) is 0 Å². The van der Waals surface area contributed by atoms with Gasteiger partial charge in [-0.15, -0.1) is 11.3 Å². The third-order valence-corrected chi connectivity index (χ3v) is 19.2. The molecule has 1 aromatic heterocycles. The minimum absolute atomic E-state index is 0.0190. The van der Waals surface area contributed by atoms with Crippen LogP contribution in [-0.2, 0) is 21.7 Å². The molecule has 0 spiro atoms. The van der Waals surface area contributed by atoms with Crippen LogP contribution in [0.25, 0.3) is 43.5 Å². The fraction of sp³-hybridized carbons (Fsp3) is 0.312. The van der Waals surface area contributed by atoms with Crippen LogP contribution in [0.3, 0.4) is 0 Å². The smallest absolute Gasteiger partial charge is 0.264 e. The van der Waals surface area contributed by atoms with Crippen molar-refractivity contribution in [1.82, 2.24) is 0 Å². The van der Waals surface area contributed by atoms with Gasteiger partial charge in [0, 0.05) is 42.9 Å². The molecule has 0 saturated heterocycles. The summed E-state index contributed by atoms with van der Waals surface area (Å²) in [5.41, 5.74) is 23.4. The van der Waals surface area contributed by atoms with Crippen molar-refractivity contribution in [3.05, 3.63) is 168 Å². The lowest BCUT2D eigenvalue weighted by Gasteiger charge is -2.52. The predicted octanol–water partition coefficient (Wildman–Crippen LogP) is 15.9. The molecule has 2 aliphatic carbocycles. The molecule has 0 amide bonds. The van der Waals surface area contributed by atoms with Gasteiger partial charge in [-0.1, -0.05) is 171 Å². The predicted molar refractivity (Wildman–Crippen MR) is 294 cm³/mol. The van der Waals surface area contributed by atoms with Crippen molar-refractivity contribution in [2.75, 3.05) is 9.80 Å². The first-order valence-corrected chi connectivity index (χ1v) is 26.3. The molecule has 2 unspecified atom stereocenters. The van der Waals surface area contributed by atoms with Crippen molar-refractivity contribution in [2.24, 2.45) is 0 Å². The van der Waals surface area contributed by atoms with Crippen molar-refractivity contribution in [1.29, 1.82) is 0 Å². The summed E-state index contributed by atoms with van der Waals surface area (Å²) in [6, 6.07) is 56.8. The number of benzene rings is 7. The van der Waals surface area contributed by atoms with Crippen LogP contribution in [0.5, 0.6) is 0 Å². The summed E-state index contributed by atoms with van der Waals surface area (Å²) in [6.45, 7) is 22.3. The van der Waals surface area contributed by atoms with Crippen LogP contribution >= 0.6 is 11.3 Å². The molecule has 2 atom stereocenters. The zero-order valence-corrected chi connectivity index (χ0v) is 42.3. The Kier molecular flexibility index (Phi) is 8.93. The molecule has 4 heterocycles.